The lowest BCUT2D eigenvalue weighted by atomic mass is 9.75. The van der Waals surface area contributed by atoms with Gasteiger partial charge in [-0.1, -0.05) is 6.92 Å². The first kappa shape index (κ1) is 19.4. The highest BCUT2D eigenvalue weighted by molar-refractivity contribution is 6.04. The number of nitriles is 1. The molecule has 164 valence electrons. The number of hydrogen-bond donors (Lipinski definition) is 0. The first-order valence-corrected chi connectivity index (χ1v) is 10.9. The van der Waals surface area contributed by atoms with Crippen molar-refractivity contribution in [3.05, 3.63) is 30.6 Å². The number of amides is 1. The third-order valence-corrected chi connectivity index (χ3v) is 7.24. The fourth-order valence-electron chi connectivity index (χ4n) is 5.09. The maximum absolute atomic E-state index is 14.7. The molecule has 2 saturated heterocycles. The van der Waals surface area contributed by atoms with E-state index in [1.165, 1.54) is 9.42 Å². The van der Waals surface area contributed by atoms with Gasteiger partial charge in [0.2, 0.25) is 5.91 Å². The molecule has 1 aliphatic carbocycles. The summed E-state index contributed by atoms with van der Waals surface area (Å²) in [5.74, 6) is -0.777. The Morgan fingerprint density at radius 2 is 2.06 bits per heavy atom. The van der Waals surface area contributed by atoms with Crippen LogP contribution in [0.3, 0.4) is 0 Å². The monoisotopic (exact) mass is 435 g/mol. The van der Waals surface area contributed by atoms with Crippen molar-refractivity contribution in [2.24, 2.45) is 17.3 Å². The molecule has 32 heavy (non-hydrogen) atoms. The van der Waals surface area contributed by atoms with E-state index < -0.39 is 11.2 Å². The van der Waals surface area contributed by atoms with Gasteiger partial charge in [-0.05, 0) is 25.7 Å². The summed E-state index contributed by atoms with van der Waals surface area (Å²) in [4.78, 5) is 19.7. The van der Waals surface area contributed by atoms with Crippen LogP contribution in [0.4, 0.5) is 10.2 Å². The van der Waals surface area contributed by atoms with E-state index in [4.69, 9.17) is 9.72 Å². The number of carbonyl (C=O) groups is 1. The Labute approximate surface area is 183 Å². The largest absolute Gasteiger partial charge is 0.374 e. The molecule has 1 amide bonds. The molecule has 3 aromatic heterocycles. The second kappa shape index (κ2) is 6.59. The summed E-state index contributed by atoms with van der Waals surface area (Å²) < 4.78 is 23.4. The normalized spacial score (nSPS) is 30.0. The maximum atomic E-state index is 14.7. The molecule has 0 radical (unpaired) electrons. The fourth-order valence-corrected chi connectivity index (χ4v) is 5.09. The average Bonchev–Trinajstić information content (AvgIpc) is 3.31. The number of anilines is 1. The third kappa shape index (κ3) is 2.51. The van der Waals surface area contributed by atoms with Crippen LogP contribution in [0, 0.1) is 34.4 Å². The molecular formula is C22H22FN7O2. The van der Waals surface area contributed by atoms with Crippen LogP contribution < -0.4 is 4.90 Å². The molecule has 5 heterocycles. The number of fused-ring (bicyclic) bond motifs is 1. The molecule has 9 nitrogen and oxygen atoms in total. The number of halogens is 1. The van der Waals surface area contributed by atoms with Crippen molar-refractivity contribution in [1.29, 1.82) is 5.26 Å². The van der Waals surface area contributed by atoms with E-state index in [0.29, 0.717) is 18.8 Å². The highest BCUT2D eigenvalue weighted by atomic mass is 19.1. The van der Waals surface area contributed by atoms with Crippen molar-refractivity contribution >= 4 is 17.2 Å². The van der Waals surface area contributed by atoms with Crippen LogP contribution in [-0.4, -0.2) is 49.5 Å². The highest BCUT2D eigenvalue weighted by Gasteiger charge is 2.61. The summed E-state index contributed by atoms with van der Waals surface area (Å²) in [6, 6.07) is 2.47. The molecular weight excluding hydrogens is 413 g/mol. The molecule has 3 fully saturated rings. The minimum atomic E-state index is -1.07. The molecule has 2 aliphatic heterocycles. The number of carbonyl (C=O) groups excluding carboxylic acids is 1. The molecule has 3 aliphatic rings. The lowest BCUT2D eigenvalue weighted by molar-refractivity contribution is -0.124. The lowest BCUT2D eigenvalue weighted by Gasteiger charge is -2.34. The number of nitrogens with zero attached hydrogens (tertiary/aromatic N) is 7. The van der Waals surface area contributed by atoms with E-state index >= 15 is 0 Å². The van der Waals surface area contributed by atoms with Crippen LogP contribution in [0.15, 0.2) is 24.8 Å². The van der Waals surface area contributed by atoms with Gasteiger partial charge in [0.1, 0.15) is 17.0 Å². The van der Waals surface area contributed by atoms with Crippen molar-refractivity contribution in [3.63, 3.8) is 0 Å². The van der Waals surface area contributed by atoms with E-state index in [1.807, 2.05) is 24.7 Å². The molecule has 0 aromatic carbocycles. The standard InChI is InChI=1S/C22H22FN7O2/c1-12-7-28(21(31)22(12,11-24)15-3-4-15)20-19-16(23)6-26-30(19)9-17(27-20)14-5-25-29(8-14)18-10-32-13(18)2/h5-6,8-9,12-13,15,18H,3-4,7,10H2,1-2H3/t12-,13+,18-,22+/m1/s1. The van der Waals surface area contributed by atoms with Gasteiger partial charge in [-0.15, -0.1) is 0 Å². The third-order valence-electron chi connectivity index (χ3n) is 7.24. The summed E-state index contributed by atoms with van der Waals surface area (Å²) in [5, 5.41) is 18.5. The molecule has 10 heteroatoms. The van der Waals surface area contributed by atoms with Gasteiger partial charge < -0.3 is 4.74 Å². The van der Waals surface area contributed by atoms with Crippen molar-refractivity contribution < 1.29 is 13.9 Å². The Morgan fingerprint density at radius 3 is 2.72 bits per heavy atom. The Bertz CT molecular complexity index is 1290. The van der Waals surface area contributed by atoms with E-state index in [9.17, 15) is 14.4 Å². The van der Waals surface area contributed by atoms with Gasteiger partial charge in [0.05, 0.1) is 43.1 Å². The minimum Gasteiger partial charge on any atom is -0.374 e. The fraction of sp³-hybridized carbons (Fsp3) is 0.500. The van der Waals surface area contributed by atoms with Crippen molar-refractivity contribution in [2.75, 3.05) is 18.1 Å². The smallest absolute Gasteiger partial charge is 0.249 e. The number of ether oxygens (including phenoxy) is 1. The zero-order valence-electron chi connectivity index (χ0n) is 17.8. The molecule has 0 N–H and O–H groups in total. The SMILES string of the molecule is C[C@@H]1OC[C@H]1n1cc(-c2cn3ncc(F)c3c(N3C[C@@H](C)[C@@](C#N)(C4CC4)C3=O)n2)cn1. The zero-order chi connectivity index (χ0) is 22.2. The average molecular weight is 435 g/mol. The van der Waals surface area contributed by atoms with E-state index in [2.05, 4.69) is 16.3 Å². The van der Waals surface area contributed by atoms with E-state index in [-0.39, 0.29) is 41.2 Å². The van der Waals surface area contributed by atoms with Crippen molar-refractivity contribution in [1.82, 2.24) is 24.4 Å². The molecule has 0 spiro atoms. The Kier molecular flexibility index (Phi) is 3.99. The van der Waals surface area contributed by atoms with Crippen LogP contribution in [0.2, 0.25) is 0 Å². The van der Waals surface area contributed by atoms with Gasteiger partial charge in [-0.25, -0.2) is 13.9 Å². The van der Waals surface area contributed by atoms with Gasteiger partial charge in [-0.2, -0.15) is 15.5 Å². The summed E-state index contributed by atoms with van der Waals surface area (Å²) in [7, 11) is 0. The summed E-state index contributed by atoms with van der Waals surface area (Å²) in [5.41, 5.74) is 0.316. The van der Waals surface area contributed by atoms with Gasteiger partial charge >= 0.3 is 0 Å². The zero-order valence-corrected chi connectivity index (χ0v) is 17.8. The highest BCUT2D eigenvalue weighted by Crippen LogP contribution is 2.54. The first-order chi connectivity index (χ1) is 15.4. The van der Waals surface area contributed by atoms with Gasteiger partial charge in [-0.3, -0.25) is 14.4 Å². The Balaban J connectivity index is 1.46. The lowest BCUT2D eigenvalue weighted by Crippen LogP contribution is -2.39. The van der Waals surface area contributed by atoms with Gasteiger partial charge in [0.25, 0.3) is 0 Å². The second-order valence-electron chi connectivity index (χ2n) is 9.12. The summed E-state index contributed by atoms with van der Waals surface area (Å²) >= 11 is 0. The van der Waals surface area contributed by atoms with Gasteiger partial charge in [0.15, 0.2) is 11.6 Å². The number of hydrogen-bond acceptors (Lipinski definition) is 6. The van der Waals surface area contributed by atoms with Crippen molar-refractivity contribution in [2.45, 2.75) is 38.8 Å². The topological polar surface area (TPSA) is 101 Å². The predicted octanol–water partition coefficient (Wildman–Crippen LogP) is 2.59. The maximum Gasteiger partial charge on any atom is 0.249 e. The number of rotatable bonds is 4. The predicted molar refractivity (Wildman–Crippen MR) is 111 cm³/mol. The molecule has 1 saturated carbocycles. The first-order valence-electron chi connectivity index (χ1n) is 10.9. The quantitative estimate of drug-likeness (QED) is 0.624. The summed E-state index contributed by atoms with van der Waals surface area (Å²) in [6.07, 6.45) is 8.13. The van der Waals surface area contributed by atoms with E-state index in [1.54, 1.807) is 12.4 Å². The Hall–Kier alpha value is -3.32. The molecule has 3 aromatic rings. The second-order valence-corrected chi connectivity index (χ2v) is 9.12. The molecule has 4 atom stereocenters. The Morgan fingerprint density at radius 1 is 1.25 bits per heavy atom. The van der Waals surface area contributed by atoms with Crippen molar-refractivity contribution in [3.8, 4) is 17.3 Å². The van der Waals surface area contributed by atoms with Crippen LogP contribution in [-0.2, 0) is 9.53 Å². The number of aromatic nitrogens is 5. The van der Waals surface area contributed by atoms with Crippen LogP contribution >= 0.6 is 0 Å². The van der Waals surface area contributed by atoms with Crippen LogP contribution in [0.5, 0.6) is 0 Å². The molecule has 0 bridgehead atoms. The van der Waals surface area contributed by atoms with E-state index in [0.717, 1.165) is 24.6 Å². The van der Waals surface area contributed by atoms with Crippen LogP contribution in [0.25, 0.3) is 16.8 Å². The molecule has 0 unspecified atom stereocenters. The van der Waals surface area contributed by atoms with Gasteiger partial charge in [0, 0.05) is 24.2 Å². The van der Waals surface area contributed by atoms with Crippen LogP contribution in [0.1, 0.15) is 32.7 Å². The summed E-state index contributed by atoms with van der Waals surface area (Å²) in [6.45, 7) is 4.82. The molecule has 6 rings (SSSR count). The minimum absolute atomic E-state index is 0.0545.